The lowest BCUT2D eigenvalue weighted by Crippen LogP contribution is -2.35. The zero-order chi connectivity index (χ0) is 13.2. The van der Waals surface area contributed by atoms with Crippen molar-refractivity contribution in [1.29, 1.82) is 5.26 Å². The normalized spacial score (nSPS) is 23.8. The van der Waals surface area contributed by atoms with Gasteiger partial charge in [-0.2, -0.15) is 5.26 Å². The molecule has 1 atom stereocenters. The second kappa shape index (κ2) is 5.18. The second-order valence-electron chi connectivity index (χ2n) is 5.41. The first-order chi connectivity index (χ1) is 9.28. The Labute approximate surface area is 113 Å². The fraction of sp³-hybridized carbons (Fsp3) is 0.533. The Hall–Kier alpha value is -1.60. The molecule has 0 amide bonds. The van der Waals surface area contributed by atoms with Crippen LogP contribution in [0.2, 0.25) is 0 Å². The molecule has 2 aliphatic rings. The van der Waals surface area contributed by atoms with E-state index in [1.165, 1.54) is 32.0 Å². The van der Waals surface area contributed by atoms with Crippen LogP contribution < -0.4 is 4.90 Å². The lowest BCUT2D eigenvalue weighted by Gasteiger charge is -2.24. The molecule has 2 aliphatic heterocycles. The third kappa shape index (κ3) is 2.43. The van der Waals surface area contributed by atoms with Crippen molar-refractivity contribution in [2.24, 2.45) is 0 Å². The van der Waals surface area contributed by atoms with Crippen molar-refractivity contribution in [2.75, 3.05) is 31.1 Å². The lowest BCUT2D eigenvalue weighted by atomic mass is 10.2. The Bertz CT molecular complexity index is 503. The first-order valence-corrected chi connectivity index (χ1v) is 6.96. The third-order valence-electron chi connectivity index (χ3n) is 4.26. The summed E-state index contributed by atoms with van der Waals surface area (Å²) in [7, 11) is 0. The van der Waals surface area contributed by atoms with Gasteiger partial charge in [0, 0.05) is 24.8 Å². The molecule has 1 aromatic rings. The molecule has 0 aliphatic carbocycles. The predicted molar refractivity (Wildman–Crippen MR) is 72.5 cm³/mol. The second-order valence-corrected chi connectivity index (χ2v) is 5.41. The maximum Gasteiger partial charge on any atom is 0.143 e. The van der Waals surface area contributed by atoms with Crippen LogP contribution in [0.25, 0.3) is 0 Å². The fourth-order valence-electron chi connectivity index (χ4n) is 3.17. The predicted octanol–water partition coefficient (Wildman–Crippen LogP) is 2.37. The van der Waals surface area contributed by atoms with Crippen LogP contribution >= 0.6 is 0 Å². The monoisotopic (exact) mass is 259 g/mol. The van der Waals surface area contributed by atoms with E-state index in [9.17, 15) is 4.39 Å². The Morgan fingerprint density at radius 3 is 2.68 bits per heavy atom. The Balaban J connectivity index is 1.70. The summed E-state index contributed by atoms with van der Waals surface area (Å²) in [6.45, 7) is 4.37. The molecule has 2 fully saturated rings. The number of benzene rings is 1. The summed E-state index contributed by atoms with van der Waals surface area (Å²) >= 11 is 0. The molecular formula is C15H18FN3. The number of halogens is 1. The summed E-state index contributed by atoms with van der Waals surface area (Å²) < 4.78 is 13.6. The number of rotatable bonds is 2. The standard InChI is InChI=1S/C15H18FN3/c16-15-9-13(4-3-12(15)10-17)19-8-5-14(11-19)18-6-1-2-7-18/h3-4,9,14H,1-2,5-8,11H2. The van der Waals surface area contributed by atoms with Crippen molar-refractivity contribution >= 4 is 5.69 Å². The van der Waals surface area contributed by atoms with Crippen LogP contribution in [-0.2, 0) is 0 Å². The first kappa shape index (κ1) is 12.4. The number of likely N-dealkylation sites (tertiary alicyclic amines) is 1. The SMILES string of the molecule is N#Cc1ccc(N2CCC(N3CCCC3)C2)cc1F. The molecule has 0 bridgehead atoms. The van der Waals surface area contributed by atoms with Gasteiger partial charge in [-0.1, -0.05) is 0 Å². The largest absolute Gasteiger partial charge is 0.370 e. The minimum Gasteiger partial charge on any atom is -0.370 e. The average molecular weight is 259 g/mol. The molecule has 0 N–H and O–H groups in total. The maximum atomic E-state index is 13.6. The van der Waals surface area contributed by atoms with Gasteiger partial charge in [0.1, 0.15) is 11.9 Å². The molecular weight excluding hydrogens is 241 g/mol. The van der Waals surface area contributed by atoms with Crippen molar-refractivity contribution in [1.82, 2.24) is 4.90 Å². The van der Waals surface area contributed by atoms with E-state index < -0.39 is 5.82 Å². The van der Waals surface area contributed by atoms with E-state index in [4.69, 9.17) is 5.26 Å². The van der Waals surface area contributed by atoms with Crippen molar-refractivity contribution in [3.63, 3.8) is 0 Å². The molecule has 3 nitrogen and oxygen atoms in total. The summed E-state index contributed by atoms with van der Waals surface area (Å²) in [5, 5.41) is 8.75. The van der Waals surface area contributed by atoms with Crippen molar-refractivity contribution in [2.45, 2.75) is 25.3 Å². The van der Waals surface area contributed by atoms with E-state index in [2.05, 4.69) is 9.80 Å². The molecule has 2 heterocycles. The molecule has 100 valence electrons. The Morgan fingerprint density at radius 1 is 1.21 bits per heavy atom. The highest BCUT2D eigenvalue weighted by molar-refractivity contribution is 5.51. The summed E-state index contributed by atoms with van der Waals surface area (Å²) in [5.74, 6) is -0.412. The van der Waals surface area contributed by atoms with Gasteiger partial charge in [-0.15, -0.1) is 0 Å². The van der Waals surface area contributed by atoms with Gasteiger partial charge < -0.3 is 4.90 Å². The van der Waals surface area contributed by atoms with Gasteiger partial charge in [0.2, 0.25) is 0 Å². The molecule has 2 saturated heterocycles. The molecule has 3 rings (SSSR count). The van der Waals surface area contributed by atoms with E-state index in [0.717, 1.165) is 25.2 Å². The molecule has 0 radical (unpaired) electrons. The molecule has 0 spiro atoms. The van der Waals surface area contributed by atoms with Crippen LogP contribution in [0.5, 0.6) is 0 Å². The van der Waals surface area contributed by atoms with Gasteiger partial charge in [-0.25, -0.2) is 4.39 Å². The van der Waals surface area contributed by atoms with E-state index in [1.54, 1.807) is 6.07 Å². The number of anilines is 1. The molecule has 4 heteroatoms. The highest BCUT2D eigenvalue weighted by atomic mass is 19.1. The quantitative estimate of drug-likeness (QED) is 0.817. The highest BCUT2D eigenvalue weighted by Crippen LogP contribution is 2.26. The first-order valence-electron chi connectivity index (χ1n) is 6.96. The smallest absolute Gasteiger partial charge is 0.143 e. The van der Waals surface area contributed by atoms with Crippen molar-refractivity contribution in [3.8, 4) is 6.07 Å². The molecule has 1 aromatic carbocycles. The van der Waals surface area contributed by atoms with Gasteiger partial charge in [0.05, 0.1) is 5.56 Å². The molecule has 19 heavy (non-hydrogen) atoms. The van der Waals surface area contributed by atoms with Crippen LogP contribution in [-0.4, -0.2) is 37.1 Å². The topological polar surface area (TPSA) is 30.3 Å². The number of nitriles is 1. The van der Waals surface area contributed by atoms with Crippen molar-refractivity contribution in [3.05, 3.63) is 29.6 Å². The zero-order valence-corrected chi connectivity index (χ0v) is 11.0. The minimum absolute atomic E-state index is 0.124. The number of nitrogens with zero attached hydrogens (tertiary/aromatic N) is 3. The molecule has 1 unspecified atom stereocenters. The molecule has 0 aromatic heterocycles. The van der Waals surface area contributed by atoms with Gasteiger partial charge >= 0.3 is 0 Å². The van der Waals surface area contributed by atoms with Crippen molar-refractivity contribution < 1.29 is 4.39 Å². The van der Waals surface area contributed by atoms with E-state index in [-0.39, 0.29) is 5.56 Å². The zero-order valence-electron chi connectivity index (χ0n) is 11.0. The summed E-state index contributed by atoms with van der Waals surface area (Å²) in [6.07, 6.45) is 3.77. The van der Waals surface area contributed by atoms with E-state index >= 15 is 0 Å². The summed E-state index contributed by atoms with van der Waals surface area (Å²) in [4.78, 5) is 4.78. The van der Waals surface area contributed by atoms with Crippen LogP contribution in [0, 0.1) is 17.1 Å². The highest BCUT2D eigenvalue weighted by Gasteiger charge is 2.29. The van der Waals surface area contributed by atoms with Gasteiger partial charge in [-0.3, -0.25) is 4.90 Å². The summed E-state index contributed by atoms with van der Waals surface area (Å²) in [6, 6.07) is 7.40. The minimum atomic E-state index is -0.412. The van der Waals surface area contributed by atoms with E-state index in [0.29, 0.717) is 6.04 Å². The van der Waals surface area contributed by atoms with Gasteiger partial charge in [-0.05, 0) is 50.6 Å². The number of hydrogen-bond donors (Lipinski definition) is 0. The van der Waals surface area contributed by atoms with E-state index in [1.807, 2.05) is 12.1 Å². The van der Waals surface area contributed by atoms with Crippen LogP contribution in [0.3, 0.4) is 0 Å². The Morgan fingerprint density at radius 2 is 2.00 bits per heavy atom. The van der Waals surface area contributed by atoms with Crippen LogP contribution in [0.4, 0.5) is 10.1 Å². The maximum absolute atomic E-state index is 13.6. The van der Waals surface area contributed by atoms with Gasteiger partial charge in [0.25, 0.3) is 0 Å². The third-order valence-corrected chi connectivity index (χ3v) is 4.26. The summed E-state index contributed by atoms with van der Waals surface area (Å²) in [5.41, 5.74) is 1.03. The Kier molecular flexibility index (Phi) is 3.39. The average Bonchev–Trinajstić information content (AvgIpc) is 3.09. The van der Waals surface area contributed by atoms with Gasteiger partial charge in [0.15, 0.2) is 0 Å². The molecule has 0 saturated carbocycles. The van der Waals surface area contributed by atoms with Crippen LogP contribution in [0.15, 0.2) is 18.2 Å². The number of hydrogen-bond acceptors (Lipinski definition) is 3. The lowest BCUT2D eigenvalue weighted by molar-refractivity contribution is 0.260. The fourth-order valence-corrected chi connectivity index (χ4v) is 3.17. The van der Waals surface area contributed by atoms with Crippen LogP contribution in [0.1, 0.15) is 24.8 Å².